The molecule has 7 heteroatoms. The fraction of sp³-hybridized carbons (Fsp3) is 0.222. The van der Waals surface area contributed by atoms with Gasteiger partial charge in [-0.15, -0.1) is 0 Å². The first-order valence-corrected chi connectivity index (χ1v) is 8.08. The molecule has 1 aromatic carbocycles. The van der Waals surface area contributed by atoms with Crippen LogP contribution in [0.2, 0.25) is 0 Å². The number of anilines is 1. The van der Waals surface area contributed by atoms with Crippen LogP contribution in [0.4, 0.5) is 5.82 Å². The van der Waals surface area contributed by atoms with Gasteiger partial charge >= 0.3 is 0 Å². The van der Waals surface area contributed by atoms with Gasteiger partial charge in [-0.2, -0.15) is 10.4 Å². The summed E-state index contributed by atoms with van der Waals surface area (Å²) >= 11 is 0. The molecule has 0 aliphatic carbocycles. The third-order valence-corrected chi connectivity index (χ3v) is 4.51. The van der Waals surface area contributed by atoms with E-state index in [-0.39, 0.29) is 11.8 Å². The molecule has 1 atom stereocenters. The SMILES string of the molecule is N#CN1CCC(C(=O)Nc2cc(-c3cccc4[nH]ncc34)ccn2)C1. The summed E-state index contributed by atoms with van der Waals surface area (Å²) in [6.07, 6.45) is 6.25. The van der Waals surface area contributed by atoms with Gasteiger partial charge in [-0.05, 0) is 35.7 Å². The van der Waals surface area contributed by atoms with Crippen LogP contribution >= 0.6 is 0 Å². The van der Waals surface area contributed by atoms with E-state index >= 15 is 0 Å². The number of pyridine rings is 1. The first kappa shape index (κ1) is 15.1. The van der Waals surface area contributed by atoms with E-state index in [1.807, 2.05) is 30.3 Å². The van der Waals surface area contributed by atoms with Crippen molar-refractivity contribution in [3.05, 3.63) is 42.7 Å². The molecule has 1 aliphatic heterocycles. The number of hydrogen-bond acceptors (Lipinski definition) is 5. The lowest BCUT2D eigenvalue weighted by atomic mass is 10.0. The number of nitrogens with zero attached hydrogens (tertiary/aromatic N) is 4. The number of hydrogen-bond donors (Lipinski definition) is 2. The molecule has 1 saturated heterocycles. The van der Waals surface area contributed by atoms with E-state index in [0.29, 0.717) is 25.3 Å². The lowest BCUT2D eigenvalue weighted by Crippen LogP contribution is -2.25. The van der Waals surface area contributed by atoms with E-state index in [4.69, 9.17) is 5.26 Å². The standard InChI is InChI=1S/C18H16N6O/c19-11-24-7-5-13(10-24)18(25)22-17-8-12(4-6-20-17)14-2-1-3-16-15(14)9-21-23-16/h1-4,6,8-9,13H,5,7,10H2,(H,21,23)(H,20,22,25). The number of aromatic nitrogens is 3. The van der Waals surface area contributed by atoms with Crippen molar-refractivity contribution in [1.82, 2.24) is 20.1 Å². The number of H-pyrrole nitrogens is 1. The molecule has 0 saturated carbocycles. The van der Waals surface area contributed by atoms with E-state index in [1.54, 1.807) is 17.3 Å². The lowest BCUT2D eigenvalue weighted by molar-refractivity contribution is -0.119. The molecule has 1 amide bonds. The molecule has 7 nitrogen and oxygen atoms in total. The van der Waals surface area contributed by atoms with Crippen LogP contribution < -0.4 is 5.32 Å². The predicted molar refractivity (Wildman–Crippen MR) is 93.2 cm³/mol. The van der Waals surface area contributed by atoms with Crippen LogP contribution in [-0.2, 0) is 4.79 Å². The van der Waals surface area contributed by atoms with E-state index in [2.05, 4.69) is 26.7 Å². The maximum Gasteiger partial charge on any atom is 0.230 e. The van der Waals surface area contributed by atoms with E-state index in [0.717, 1.165) is 22.0 Å². The van der Waals surface area contributed by atoms with Crippen molar-refractivity contribution in [2.45, 2.75) is 6.42 Å². The Kier molecular flexibility index (Phi) is 3.78. The number of amides is 1. The van der Waals surface area contributed by atoms with Gasteiger partial charge in [0.15, 0.2) is 6.19 Å². The Labute approximate surface area is 144 Å². The van der Waals surface area contributed by atoms with Gasteiger partial charge in [0.05, 0.1) is 17.6 Å². The Morgan fingerprint density at radius 3 is 3.16 bits per heavy atom. The van der Waals surface area contributed by atoms with Gasteiger partial charge in [-0.25, -0.2) is 4.98 Å². The zero-order chi connectivity index (χ0) is 17.2. The molecule has 0 spiro atoms. The second-order valence-corrected chi connectivity index (χ2v) is 6.09. The topological polar surface area (TPSA) is 97.7 Å². The van der Waals surface area contributed by atoms with Crippen molar-refractivity contribution in [3.63, 3.8) is 0 Å². The van der Waals surface area contributed by atoms with Crippen LogP contribution in [0.5, 0.6) is 0 Å². The van der Waals surface area contributed by atoms with Crippen molar-refractivity contribution >= 4 is 22.6 Å². The van der Waals surface area contributed by atoms with Gasteiger partial charge in [0.25, 0.3) is 0 Å². The molecule has 2 N–H and O–H groups in total. The average Bonchev–Trinajstić information content (AvgIpc) is 3.30. The number of benzene rings is 1. The largest absolute Gasteiger partial charge is 0.310 e. The molecule has 1 unspecified atom stereocenters. The van der Waals surface area contributed by atoms with Crippen LogP contribution in [0.3, 0.4) is 0 Å². The second kappa shape index (κ2) is 6.24. The Morgan fingerprint density at radius 2 is 2.32 bits per heavy atom. The van der Waals surface area contributed by atoms with E-state index in [1.165, 1.54) is 0 Å². The zero-order valence-electron chi connectivity index (χ0n) is 13.4. The third kappa shape index (κ3) is 2.90. The Hall–Kier alpha value is -3.40. The molecule has 2 aromatic heterocycles. The Balaban J connectivity index is 1.57. The molecular weight excluding hydrogens is 316 g/mol. The van der Waals surface area contributed by atoms with Crippen LogP contribution in [-0.4, -0.2) is 39.1 Å². The zero-order valence-corrected chi connectivity index (χ0v) is 13.4. The Morgan fingerprint density at radius 1 is 1.40 bits per heavy atom. The van der Waals surface area contributed by atoms with Crippen molar-refractivity contribution in [2.75, 3.05) is 18.4 Å². The fourth-order valence-corrected chi connectivity index (χ4v) is 3.18. The number of carbonyl (C=O) groups is 1. The summed E-state index contributed by atoms with van der Waals surface area (Å²) in [6.45, 7) is 1.10. The molecule has 25 heavy (non-hydrogen) atoms. The van der Waals surface area contributed by atoms with Crippen LogP contribution in [0.15, 0.2) is 42.7 Å². The fourth-order valence-electron chi connectivity index (χ4n) is 3.18. The normalized spacial score (nSPS) is 16.8. The molecule has 0 radical (unpaired) electrons. The molecule has 1 fully saturated rings. The number of likely N-dealkylation sites (tertiary alicyclic amines) is 1. The molecule has 3 heterocycles. The minimum absolute atomic E-state index is 0.0936. The maximum atomic E-state index is 12.4. The van der Waals surface area contributed by atoms with Crippen LogP contribution in [0, 0.1) is 17.4 Å². The van der Waals surface area contributed by atoms with Gasteiger partial charge in [-0.3, -0.25) is 9.89 Å². The van der Waals surface area contributed by atoms with Gasteiger partial charge in [0, 0.05) is 24.7 Å². The molecule has 3 aromatic rings. The van der Waals surface area contributed by atoms with Crippen molar-refractivity contribution < 1.29 is 4.79 Å². The summed E-state index contributed by atoms with van der Waals surface area (Å²) in [6, 6.07) is 9.71. The third-order valence-electron chi connectivity index (χ3n) is 4.51. The summed E-state index contributed by atoms with van der Waals surface area (Å²) in [4.78, 5) is 18.2. The number of fused-ring (bicyclic) bond motifs is 1. The predicted octanol–water partition coefficient (Wildman–Crippen LogP) is 2.37. The van der Waals surface area contributed by atoms with Crippen molar-refractivity contribution in [1.29, 1.82) is 5.26 Å². The lowest BCUT2D eigenvalue weighted by Gasteiger charge is -2.11. The molecule has 124 valence electrons. The van der Waals surface area contributed by atoms with Crippen LogP contribution in [0.1, 0.15) is 6.42 Å². The van der Waals surface area contributed by atoms with Gasteiger partial charge < -0.3 is 10.2 Å². The van der Waals surface area contributed by atoms with Crippen molar-refractivity contribution in [3.8, 4) is 17.3 Å². The monoisotopic (exact) mass is 332 g/mol. The highest BCUT2D eigenvalue weighted by atomic mass is 16.2. The molecule has 1 aliphatic rings. The highest BCUT2D eigenvalue weighted by molar-refractivity contribution is 5.96. The van der Waals surface area contributed by atoms with Gasteiger partial charge in [0.1, 0.15) is 5.82 Å². The highest BCUT2D eigenvalue weighted by Crippen LogP contribution is 2.28. The quantitative estimate of drug-likeness (QED) is 0.718. The second-order valence-electron chi connectivity index (χ2n) is 6.09. The summed E-state index contributed by atoms with van der Waals surface area (Å²) in [5, 5.41) is 19.8. The molecule has 4 rings (SSSR count). The Bertz CT molecular complexity index is 973. The highest BCUT2D eigenvalue weighted by Gasteiger charge is 2.28. The first-order valence-electron chi connectivity index (χ1n) is 8.08. The molecular formula is C18H16N6O. The number of carbonyl (C=O) groups excluding carboxylic acids is 1. The first-order chi connectivity index (χ1) is 12.2. The smallest absolute Gasteiger partial charge is 0.230 e. The number of nitriles is 1. The van der Waals surface area contributed by atoms with Crippen LogP contribution in [0.25, 0.3) is 22.0 Å². The maximum absolute atomic E-state index is 12.4. The summed E-state index contributed by atoms with van der Waals surface area (Å²) < 4.78 is 0. The average molecular weight is 332 g/mol. The summed E-state index contributed by atoms with van der Waals surface area (Å²) in [5.74, 6) is 0.240. The summed E-state index contributed by atoms with van der Waals surface area (Å²) in [5.41, 5.74) is 2.95. The number of rotatable bonds is 3. The van der Waals surface area contributed by atoms with E-state index < -0.39 is 0 Å². The number of aromatic amines is 1. The van der Waals surface area contributed by atoms with Gasteiger partial charge in [-0.1, -0.05) is 12.1 Å². The minimum atomic E-state index is -0.178. The summed E-state index contributed by atoms with van der Waals surface area (Å²) in [7, 11) is 0. The number of nitrogens with one attached hydrogen (secondary N) is 2. The minimum Gasteiger partial charge on any atom is -0.310 e. The molecule has 0 bridgehead atoms. The van der Waals surface area contributed by atoms with Gasteiger partial charge in [0.2, 0.25) is 5.91 Å². The van der Waals surface area contributed by atoms with Crippen molar-refractivity contribution in [2.24, 2.45) is 5.92 Å². The van der Waals surface area contributed by atoms with E-state index in [9.17, 15) is 4.79 Å².